The summed E-state index contributed by atoms with van der Waals surface area (Å²) < 4.78 is 14.3. The Kier molecular flexibility index (Phi) is 4.35. The van der Waals surface area contributed by atoms with Crippen molar-refractivity contribution in [3.8, 4) is 0 Å². The Hall–Kier alpha value is -0.240. The summed E-state index contributed by atoms with van der Waals surface area (Å²) in [6, 6.07) is 0. The Bertz CT molecular complexity index is 321. The van der Waals surface area contributed by atoms with Crippen molar-refractivity contribution in [2.45, 2.75) is 56.9 Å². The number of rotatable bonds is 1. The van der Waals surface area contributed by atoms with Gasteiger partial charge in [0.15, 0.2) is 0 Å². The first-order chi connectivity index (χ1) is 8.13. The maximum Gasteiger partial charge on any atom is 0.124 e. The molecular formula is C15H23FS. The summed E-state index contributed by atoms with van der Waals surface area (Å²) in [7, 11) is 0. The van der Waals surface area contributed by atoms with Gasteiger partial charge in [-0.3, -0.25) is 0 Å². The summed E-state index contributed by atoms with van der Waals surface area (Å²) in [6.45, 7) is 5.95. The van der Waals surface area contributed by atoms with Gasteiger partial charge in [-0.15, -0.1) is 6.58 Å². The van der Waals surface area contributed by atoms with Gasteiger partial charge in [-0.2, -0.15) is 12.6 Å². The van der Waals surface area contributed by atoms with Crippen molar-refractivity contribution in [1.29, 1.82) is 0 Å². The number of alkyl halides is 1. The molecule has 2 fully saturated rings. The van der Waals surface area contributed by atoms with Crippen LogP contribution in [0.2, 0.25) is 0 Å². The zero-order valence-corrected chi connectivity index (χ0v) is 11.6. The monoisotopic (exact) mass is 254 g/mol. The quantitative estimate of drug-likeness (QED) is 0.508. The van der Waals surface area contributed by atoms with Gasteiger partial charge in [-0.25, -0.2) is 4.39 Å². The molecule has 0 nitrogen and oxygen atoms in total. The van der Waals surface area contributed by atoms with Crippen LogP contribution in [0.3, 0.4) is 0 Å². The molecule has 2 rings (SSSR count). The highest BCUT2D eigenvalue weighted by Crippen LogP contribution is 2.41. The summed E-state index contributed by atoms with van der Waals surface area (Å²) in [5.74, 6) is 0.592. The summed E-state index contributed by atoms with van der Waals surface area (Å²) in [5.41, 5.74) is 2.41. The van der Waals surface area contributed by atoms with Crippen molar-refractivity contribution in [2.24, 2.45) is 11.8 Å². The molecule has 0 bridgehead atoms. The fourth-order valence-electron chi connectivity index (χ4n) is 3.26. The second kappa shape index (κ2) is 5.60. The van der Waals surface area contributed by atoms with E-state index in [1.54, 1.807) is 0 Å². The lowest BCUT2D eigenvalue weighted by molar-refractivity contribution is 0.231. The third kappa shape index (κ3) is 2.78. The number of hydrogen-bond donors (Lipinski definition) is 1. The molecule has 4 atom stereocenters. The van der Waals surface area contributed by atoms with Gasteiger partial charge in [0.2, 0.25) is 0 Å². The SMILES string of the molecule is C=CC1CCC(S)C/C1=C1/CCCC(C)C1F. The third-order valence-corrected chi connectivity index (χ3v) is 4.79. The molecule has 17 heavy (non-hydrogen) atoms. The van der Waals surface area contributed by atoms with Crippen molar-refractivity contribution >= 4 is 12.6 Å². The molecule has 2 heteroatoms. The van der Waals surface area contributed by atoms with E-state index in [9.17, 15) is 4.39 Å². The molecule has 2 aliphatic rings. The van der Waals surface area contributed by atoms with Crippen LogP contribution >= 0.6 is 12.6 Å². The zero-order valence-electron chi connectivity index (χ0n) is 10.7. The van der Waals surface area contributed by atoms with E-state index in [2.05, 4.69) is 19.2 Å². The molecule has 2 saturated carbocycles. The van der Waals surface area contributed by atoms with Crippen molar-refractivity contribution in [1.82, 2.24) is 0 Å². The zero-order chi connectivity index (χ0) is 12.4. The average molecular weight is 254 g/mol. The van der Waals surface area contributed by atoms with Crippen molar-refractivity contribution in [3.63, 3.8) is 0 Å². The molecule has 0 aromatic carbocycles. The van der Waals surface area contributed by atoms with Crippen LogP contribution in [-0.2, 0) is 0 Å². The Morgan fingerprint density at radius 2 is 2.06 bits per heavy atom. The lowest BCUT2D eigenvalue weighted by Crippen LogP contribution is -2.26. The first kappa shape index (κ1) is 13.2. The van der Waals surface area contributed by atoms with Gasteiger partial charge in [-0.1, -0.05) is 18.6 Å². The molecule has 2 aliphatic carbocycles. The van der Waals surface area contributed by atoms with E-state index in [1.807, 2.05) is 13.0 Å². The van der Waals surface area contributed by atoms with Gasteiger partial charge in [0.25, 0.3) is 0 Å². The summed E-state index contributed by atoms with van der Waals surface area (Å²) in [5, 5.41) is 0.415. The Morgan fingerprint density at radius 1 is 1.29 bits per heavy atom. The predicted molar refractivity (Wildman–Crippen MR) is 75.2 cm³/mol. The highest BCUT2D eigenvalue weighted by molar-refractivity contribution is 7.80. The first-order valence-electron chi connectivity index (χ1n) is 6.80. The molecule has 0 amide bonds. The fraction of sp³-hybridized carbons (Fsp3) is 0.733. The van der Waals surface area contributed by atoms with E-state index in [0.29, 0.717) is 11.2 Å². The third-order valence-electron chi connectivity index (χ3n) is 4.35. The van der Waals surface area contributed by atoms with Crippen LogP contribution in [0.1, 0.15) is 45.4 Å². The Balaban J connectivity index is 2.28. The van der Waals surface area contributed by atoms with E-state index >= 15 is 0 Å². The normalized spacial score (nSPS) is 43.5. The van der Waals surface area contributed by atoms with Crippen LogP contribution in [0, 0.1) is 11.8 Å². The van der Waals surface area contributed by atoms with Gasteiger partial charge in [0.1, 0.15) is 6.17 Å². The smallest absolute Gasteiger partial charge is 0.124 e. The second-order valence-electron chi connectivity index (χ2n) is 5.60. The molecule has 0 saturated heterocycles. The molecule has 4 unspecified atom stereocenters. The Labute approximate surface area is 110 Å². The van der Waals surface area contributed by atoms with E-state index in [4.69, 9.17) is 0 Å². The molecule has 0 aromatic rings. The molecule has 96 valence electrons. The van der Waals surface area contributed by atoms with Crippen LogP contribution in [-0.4, -0.2) is 11.4 Å². The van der Waals surface area contributed by atoms with Crippen molar-refractivity contribution in [3.05, 3.63) is 23.8 Å². The van der Waals surface area contributed by atoms with Crippen LogP contribution in [0.15, 0.2) is 23.8 Å². The predicted octanol–water partition coefficient (Wildman–Crippen LogP) is 4.73. The van der Waals surface area contributed by atoms with Crippen LogP contribution in [0.25, 0.3) is 0 Å². The minimum absolute atomic E-state index is 0.192. The molecular weight excluding hydrogens is 231 g/mol. The number of allylic oxidation sites excluding steroid dienone is 3. The van der Waals surface area contributed by atoms with E-state index in [1.165, 1.54) is 5.57 Å². The molecule has 0 heterocycles. The average Bonchev–Trinajstić information content (AvgIpc) is 2.33. The topological polar surface area (TPSA) is 0 Å². The fourth-order valence-corrected chi connectivity index (χ4v) is 3.61. The van der Waals surface area contributed by atoms with Gasteiger partial charge in [0.05, 0.1) is 0 Å². The van der Waals surface area contributed by atoms with Crippen LogP contribution in [0.4, 0.5) is 4.39 Å². The maximum atomic E-state index is 14.3. The molecule has 0 aliphatic heterocycles. The molecule has 0 radical (unpaired) electrons. The summed E-state index contributed by atoms with van der Waals surface area (Å²) >= 11 is 4.58. The Morgan fingerprint density at radius 3 is 2.76 bits per heavy atom. The van der Waals surface area contributed by atoms with E-state index in [0.717, 1.165) is 44.1 Å². The van der Waals surface area contributed by atoms with Gasteiger partial charge in [0, 0.05) is 5.25 Å². The van der Waals surface area contributed by atoms with Crippen molar-refractivity contribution in [2.75, 3.05) is 0 Å². The number of thiol groups is 1. The van der Waals surface area contributed by atoms with Crippen LogP contribution in [0.5, 0.6) is 0 Å². The lowest BCUT2D eigenvalue weighted by atomic mass is 9.75. The van der Waals surface area contributed by atoms with Gasteiger partial charge >= 0.3 is 0 Å². The van der Waals surface area contributed by atoms with Crippen LogP contribution < -0.4 is 0 Å². The molecule has 0 aromatic heterocycles. The van der Waals surface area contributed by atoms with Crippen molar-refractivity contribution < 1.29 is 4.39 Å². The van der Waals surface area contributed by atoms with E-state index in [-0.39, 0.29) is 5.92 Å². The minimum atomic E-state index is -0.722. The minimum Gasteiger partial charge on any atom is -0.242 e. The lowest BCUT2D eigenvalue weighted by Gasteiger charge is -2.34. The maximum absolute atomic E-state index is 14.3. The highest BCUT2D eigenvalue weighted by Gasteiger charge is 2.31. The van der Waals surface area contributed by atoms with Gasteiger partial charge < -0.3 is 0 Å². The number of hydrogen-bond acceptors (Lipinski definition) is 1. The molecule has 0 N–H and O–H groups in total. The van der Waals surface area contributed by atoms with Gasteiger partial charge in [-0.05, 0) is 55.9 Å². The summed E-state index contributed by atoms with van der Waals surface area (Å²) in [4.78, 5) is 0. The number of halogens is 1. The second-order valence-corrected chi connectivity index (χ2v) is 6.33. The highest BCUT2D eigenvalue weighted by atomic mass is 32.1. The van der Waals surface area contributed by atoms with E-state index < -0.39 is 6.17 Å². The standard InChI is InChI=1S/C15H23FS/c1-3-11-7-8-12(17)9-14(11)13-6-4-5-10(2)15(13)16/h3,10-12,15,17H,1,4-9H2,2H3/b14-13+. The first-order valence-corrected chi connectivity index (χ1v) is 7.31. The summed E-state index contributed by atoms with van der Waals surface area (Å²) in [6.07, 6.45) is 7.59. The largest absolute Gasteiger partial charge is 0.242 e. The molecule has 0 spiro atoms.